The van der Waals surface area contributed by atoms with Crippen LogP contribution in [0.1, 0.15) is 16.1 Å². The molecule has 1 N–H and O–H groups in total. The van der Waals surface area contributed by atoms with E-state index in [4.69, 9.17) is 4.74 Å². The van der Waals surface area contributed by atoms with Crippen LogP contribution in [-0.4, -0.2) is 36.6 Å². The maximum absolute atomic E-state index is 12.7. The Morgan fingerprint density at radius 2 is 1.96 bits per heavy atom. The Kier molecular flexibility index (Phi) is 5.65. The second kappa shape index (κ2) is 7.96. The number of nitrogens with one attached hydrogen (secondary N) is 1. The van der Waals surface area contributed by atoms with Crippen molar-refractivity contribution in [2.45, 2.75) is 13.2 Å². The minimum atomic E-state index is -2.93. The molecule has 0 saturated heterocycles. The summed E-state index contributed by atoms with van der Waals surface area (Å²) in [6, 6.07) is 12.1. The third kappa shape index (κ3) is 4.39. The standard InChI is InChI=1S/C19H17BrF2N2O3/c1-24(10-11-3-6-16(27-19(21)22)17(7-11)26-2)18(25)15-9-12-8-13(20)4-5-14(12)23-15/h3-9,19,23H,10H2,1-2H3. The minimum absolute atomic E-state index is 0.0496. The monoisotopic (exact) mass is 438 g/mol. The maximum atomic E-state index is 12.7. The highest BCUT2D eigenvalue weighted by Gasteiger charge is 2.17. The molecule has 27 heavy (non-hydrogen) atoms. The van der Waals surface area contributed by atoms with E-state index in [1.807, 2.05) is 18.2 Å². The number of hydrogen-bond acceptors (Lipinski definition) is 3. The van der Waals surface area contributed by atoms with Crippen molar-refractivity contribution >= 4 is 32.7 Å². The summed E-state index contributed by atoms with van der Waals surface area (Å²) in [5.74, 6) is -0.0512. The van der Waals surface area contributed by atoms with Gasteiger partial charge < -0.3 is 19.4 Å². The number of ether oxygens (including phenoxy) is 2. The van der Waals surface area contributed by atoms with Crippen molar-refractivity contribution in [2.24, 2.45) is 0 Å². The Hall–Kier alpha value is -2.61. The number of methoxy groups -OCH3 is 1. The van der Waals surface area contributed by atoms with Crippen LogP contribution in [0.4, 0.5) is 8.78 Å². The third-order valence-electron chi connectivity index (χ3n) is 4.02. The molecule has 0 aliphatic heterocycles. The zero-order valence-corrected chi connectivity index (χ0v) is 16.2. The summed E-state index contributed by atoms with van der Waals surface area (Å²) in [5.41, 5.74) is 2.06. The molecule has 1 heterocycles. The molecule has 0 bridgehead atoms. The van der Waals surface area contributed by atoms with E-state index in [0.717, 1.165) is 20.9 Å². The van der Waals surface area contributed by atoms with Crippen LogP contribution in [0.2, 0.25) is 0 Å². The van der Waals surface area contributed by atoms with Crippen molar-refractivity contribution in [3.63, 3.8) is 0 Å². The maximum Gasteiger partial charge on any atom is 0.387 e. The highest BCUT2D eigenvalue weighted by atomic mass is 79.9. The number of amides is 1. The predicted octanol–water partition coefficient (Wildman–Crippen LogP) is 4.81. The first-order chi connectivity index (χ1) is 12.9. The van der Waals surface area contributed by atoms with E-state index in [-0.39, 0.29) is 24.0 Å². The number of rotatable bonds is 6. The number of carbonyl (C=O) groups is 1. The number of aromatic nitrogens is 1. The van der Waals surface area contributed by atoms with E-state index in [1.54, 1.807) is 25.2 Å². The summed E-state index contributed by atoms with van der Waals surface area (Å²) >= 11 is 3.41. The Morgan fingerprint density at radius 1 is 1.19 bits per heavy atom. The molecule has 0 atom stereocenters. The third-order valence-corrected chi connectivity index (χ3v) is 4.52. The van der Waals surface area contributed by atoms with Crippen LogP contribution in [0.25, 0.3) is 10.9 Å². The van der Waals surface area contributed by atoms with E-state index in [1.165, 1.54) is 18.1 Å². The van der Waals surface area contributed by atoms with E-state index in [0.29, 0.717) is 5.69 Å². The minimum Gasteiger partial charge on any atom is -0.493 e. The Morgan fingerprint density at radius 3 is 2.67 bits per heavy atom. The number of H-pyrrole nitrogens is 1. The second-order valence-electron chi connectivity index (χ2n) is 5.94. The van der Waals surface area contributed by atoms with Crippen LogP contribution in [-0.2, 0) is 6.54 Å². The average Bonchev–Trinajstić information content (AvgIpc) is 3.04. The van der Waals surface area contributed by atoms with Crippen molar-refractivity contribution in [2.75, 3.05) is 14.2 Å². The first kappa shape index (κ1) is 19.2. The fraction of sp³-hybridized carbons (Fsp3) is 0.211. The second-order valence-corrected chi connectivity index (χ2v) is 6.86. The van der Waals surface area contributed by atoms with Gasteiger partial charge in [0.2, 0.25) is 0 Å². The van der Waals surface area contributed by atoms with Gasteiger partial charge in [-0.15, -0.1) is 0 Å². The molecule has 0 aliphatic rings. The molecule has 0 saturated carbocycles. The summed E-state index contributed by atoms with van der Waals surface area (Å²) in [6.45, 7) is -2.65. The molecule has 0 fully saturated rings. The van der Waals surface area contributed by atoms with Gasteiger partial charge >= 0.3 is 6.61 Å². The van der Waals surface area contributed by atoms with Gasteiger partial charge in [-0.05, 0) is 42.0 Å². The quantitative estimate of drug-likeness (QED) is 0.600. The van der Waals surface area contributed by atoms with Crippen molar-refractivity contribution in [3.05, 3.63) is 58.2 Å². The molecule has 1 amide bonds. The Labute approximate surface area is 163 Å². The lowest BCUT2D eigenvalue weighted by Crippen LogP contribution is -2.26. The van der Waals surface area contributed by atoms with Crippen LogP contribution >= 0.6 is 15.9 Å². The molecule has 142 valence electrons. The molecule has 3 rings (SSSR count). The molecule has 0 radical (unpaired) electrons. The predicted molar refractivity (Wildman–Crippen MR) is 101 cm³/mol. The van der Waals surface area contributed by atoms with E-state index >= 15 is 0 Å². The molecule has 0 aliphatic carbocycles. The molecule has 5 nitrogen and oxygen atoms in total. The topological polar surface area (TPSA) is 54.6 Å². The zero-order chi connectivity index (χ0) is 19.6. The van der Waals surface area contributed by atoms with E-state index in [2.05, 4.69) is 25.7 Å². The summed E-state index contributed by atoms with van der Waals surface area (Å²) in [7, 11) is 3.04. The van der Waals surface area contributed by atoms with Gasteiger partial charge in [0.1, 0.15) is 5.69 Å². The lowest BCUT2D eigenvalue weighted by molar-refractivity contribution is -0.0512. The fourth-order valence-corrected chi connectivity index (χ4v) is 3.15. The number of nitrogens with zero attached hydrogens (tertiary/aromatic N) is 1. The number of aromatic amines is 1. The van der Waals surface area contributed by atoms with E-state index in [9.17, 15) is 13.6 Å². The molecule has 3 aromatic rings. The summed E-state index contributed by atoms with van der Waals surface area (Å²) < 4.78 is 35.3. The number of fused-ring (bicyclic) bond motifs is 1. The van der Waals surface area contributed by atoms with Crippen LogP contribution in [0.5, 0.6) is 11.5 Å². The van der Waals surface area contributed by atoms with Crippen molar-refractivity contribution in [3.8, 4) is 11.5 Å². The van der Waals surface area contributed by atoms with Crippen LogP contribution in [0, 0.1) is 0 Å². The van der Waals surface area contributed by atoms with Gasteiger partial charge in [-0.2, -0.15) is 8.78 Å². The van der Waals surface area contributed by atoms with Gasteiger partial charge in [0, 0.05) is 29.0 Å². The molecule has 0 spiro atoms. The van der Waals surface area contributed by atoms with Crippen molar-refractivity contribution in [1.29, 1.82) is 0 Å². The van der Waals surface area contributed by atoms with Gasteiger partial charge in [0.15, 0.2) is 11.5 Å². The van der Waals surface area contributed by atoms with Crippen LogP contribution in [0.3, 0.4) is 0 Å². The number of hydrogen-bond donors (Lipinski definition) is 1. The van der Waals surface area contributed by atoms with E-state index < -0.39 is 6.61 Å². The van der Waals surface area contributed by atoms with Gasteiger partial charge in [-0.25, -0.2) is 0 Å². The fourth-order valence-electron chi connectivity index (χ4n) is 2.77. The summed E-state index contributed by atoms with van der Waals surface area (Å²) in [5, 5.41) is 0.927. The molecule has 0 unspecified atom stereocenters. The highest BCUT2D eigenvalue weighted by molar-refractivity contribution is 9.10. The largest absolute Gasteiger partial charge is 0.493 e. The normalized spacial score (nSPS) is 11.0. The van der Waals surface area contributed by atoms with Crippen molar-refractivity contribution < 1.29 is 23.0 Å². The molecule has 2 aromatic carbocycles. The molecular weight excluding hydrogens is 422 g/mol. The first-order valence-corrected chi connectivity index (χ1v) is 8.82. The summed E-state index contributed by atoms with van der Waals surface area (Å²) in [4.78, 5) is 17.3. The molecule has 8 heteroatoms. The number of halogens is 3. The lowest BCUT2D eigenvalue weighted by atomic mass is 10.2. The van der Waals surface area contributed by atoms with Gasteiger partial charge in [-0.1, -0.05) is 22.0 Å². The molecular formula is C19H17BrF2N2O3. The Balaban J connectivity index is 1.77. The Bertz CT molecular complexity index is 975. The smallest absolute Gasteiger partial charge is 0.387 e. The zero-order valence-electron chi connectivity index (χ0n) is 14.6. The first-order valence-electron chi connectivity index (χ1n) is 8.03. The number of carbonyl (C=O) groups excluding carboxylic acids is 1. The lowest BCUT2D eigenvalue weighted by Gasteiger charge is -2.18. The van der Waals surface area contributed by atoms with Gasteiger partial charge in [0.25, 0.3) is 5.91 Å². The number of alkyl halides is 2. The molecule has 1 aromatic heterocycles. The summed E-state index contributed by atoms with van der Waals surface area (Å²) in [6.07, 6.45) is 0. The van der Waals surface area contributed by atoms with Gasteiger partial charge in [0.05, 0.1) is 7.11 Å². The van der Waals surface area contributed by atoms with Crippen LogP contribution < -0.4 is 9.47 Å². The number of benzene rings is 2. The van der Waals surface area contributed by atoms with Crippen molar-refractivity contribution in [1.82, 2.24) is 9.88 Å². The van der Waals surface area contributed by atoms with Crippen LogP contribution in [0.15, 0.2) is 46.9 Å². The average molecular weight is 439 g/mol. The highest BCUT2D eigenvalue weighted by Crippen LogP contribution is 2.30. The SMILES string of the molecule is COc1cc(CN(C)C(=O)c2cc3cc(Br)ccc3[nH]2)ccc1OC(F)F. The van der Waals surface area contributed by atoms with Gasteiger partial charge in [-0.3, -0.25) is 4.79 Å².